The topological polar surface area (TPSA) is 102 Å². The Kier molecular flexibility index (Phi) is 4.92. The summed E-state index contributed by atoms with van der Waals surface area (Å²) in [4.78, 5) is 22.4. The number of carbonyl (C=O) groups is 2. The second-order valence-electron chi connectivity index (χ2n) is 5.96. The van der Waals surface area contributed by atoms with Crippen molar-refractivity contribution in [1.29, 1.82) is 0 Å². The number of carboxylic acid groups (broad SMARTS) is 2. The van der Waals surface area contributed by atoms with Crippen LogP contribution in [0.25, 0.3) is 10.8 Å². The van der Waals surface area contributed by atoms with E-state index in [4.69, 9.17) is 14.2 Å². The van der Waals surface area contributed by atoms with Gasteiger partial charge in [0.1, 0.15) is 5.75 Å². The molecule has 0 spiro atoms. The van der Waals surface area contributed by atoms with Crippen LogP contribution in [0, 0.1) is 0 Å². The van der Waals surface area contributed by atoms with E-state index < -0.39 is 34.8 Å². The minimum Gasteiger partial charge on any atom is -0.497 e. The number of halogens is 1. The average Bonchev–Trinajstić information content (AvgIpc) is 3.03. The zero-order chi connectivity index (χ0) is 19.1. The van der Waals surface area contributed by atoms with Crippen LogP contribution in [-0.2, 0) is 24.8 Å². The summed E-state index contributed by atoms with van der Waals surface area (Å²) >= 11 is 3.38. The van der Waals surface area contributed by atoms with Crippen molar-refractivity contribution < 1.29 is 34.0 Å². The summed E-state index contributed by atoms with van der Waals surface area (Å²) in [5.41, 5.74) is 0.523. The SMILES string of the molecule is COc1ccc2cc(C3(C(C)Br)O[C@@H](C(=O)O)[C@H](C(=O)O)O3)ccc2c1. The molecule has 0 bridgehead atoms. The third-order valence-electron chi connectivity index (χ3n) is 4.34. The summed E-state index contributed by atoms with van der Waals surface area (Å²) in [5, 5.41) is 20.4. The van der Waals surface area contributed by atoms with Gasteiger partial charge in [0, 0.05) is 5.56 Å². The first-order valence-corrected chi connectivity index (χ1v) is 8.73. The van der Waals surface area contributed by atoms with Gasteiger partial charge < -0.3 is 24.4 Å². The molecular formula is C18H17BrO7. The third-order valence-corrected chi connectivity index (χ3v) is 4.94. The molecule has 1 aliphatic heterocycles. The highest BCUT2D eigenvalue weighted by atomic mass is 79.9. The van der Waals surface area contributed by atoms with Crippen molar-refractivity contribution in [3.05, 3.63) is 42.0 Å². The van der Waals surface area contributed by atoms with Crippen molar-refractivity contribution in [2.24, 2.45) is 0 Å². The molecule has 8 heteroatoms. The Morgan fingerprint density at radius 1 is 1.08 bits per heavy atom. The van der Waals surface area contributed by atoms with Crippen molar-refractivity contribution >= 4 is 38.6 Å². The van der Waals surface area contributed by atoms with Crippen LogP contribution in [0.1, 0.15) is 12.5 Å². The highest BCUT2D eigenvalue weighted by Gasteiger charge is 2.57. The minimum atomic E-state index is -1.61. The number of hydrogen-bond donors (Lipinski definition) is 2. The van der Waals surface area contributed by atoms with E-state index in [1.807, 2.05) is 18.2 Å². The Hall–Kier alpha value is -2.16. The fraction of sp³-hybridized carbons (Fsp3) is 0.333. The Morgan fingerprint density at radius 3 is 2.12 bits per heavy atom. The van der Waals surface area contributed by atoms with E-state index in [2.05, 4.69) is 15.9 Å². The first-order valence-electron chi connectivity index (χ1n) is 7.82. The number of hydrogen-bond acceptors (Lipinski definition) is 5. The van der Waals surface area contributed by atoms with Crippen molar-refractivity contribution in [1.82, 2.24) is 0 Å². The van der Waals surface area contributed by atoms with Crippen molar-refractivity contribution in [3.8, 4) is 5.75 Å². The van der Waals surface area contributed by atoms with E-state index in [1.165, 1.54) is 0 Å². The predicted octanol–water partition coefficient (Wildman–Crippen LogP) is 2.74. The lowest BCUT2D eigenvalue weighted by atomic mass is 9.99. The second-order valence-corrected chi connectivity index (χ2v) is 7.34. The van der Waals surface area contributed by atoms with Crippen molar-refractivity contribution in [2.45, 2.75) is 29.7 Å². The Balaban J connectivity index is 2.09. The van der Waals surface area contributed by atoms with Crippen LogP contribution >= 0.6 is 15.9 Å². The maximum atomic E-state index is 11.4. The molecule has 0 aromatic heterocycles. The molecule has 7 nitrogen and oxygen atoms in total. The molecule has 2 aromatic rings. The zero-order valence-corrected chi connectivity index (χ0v) is 15.6. The summed E-state index contributed by atoms with van der Waals surface area (Å²) in [6.45, 7) is 1.71. The molecule has 0 radical (unpaired) electrons. The molecule has 1 aliphatic rings. The molecule has 1 unspecified atom stereocenters. The maximum absolute atomic E-state index is 11.4. The van der Waals surface area contributed by atoms with E-state index in [1.54, 1.807) is 32.2 Å². The van der Waals surface area contributed by atoms with Gasteiger partial charge in [0.25, 0.3) is 0 Å². The van der Waals surface area contributed by atoms with E-state index >= 15 is 0 Å². The van der Waals surface area contributed by atoms with Crippen LogP contribution in [0.4, 0.5) is 0 Å². The quantitative estimate of drug-likeness (QED) is 0.711. The number of carboxylic acids is 2. The van der Waals surface area contributed by atoms with Crippen LogP contribution < -0.4 is 4.74 Å². The lowest BCUT2D eigenvalue weighted by Crippen LogP contribution is -2.37. The Labute approximate surface area is 157 Å². The summed E-state index contributed by atoms with van der Waals surface area (Å²) in [6.07, 6.45) is -3.22. The molecule has 138 valence electrons. The largest absolute Gasteiger partial charge is 0.497 e. The average molecular weight is 425 g/mol. The minimum absolute atomic E-state index is 0.503. The summed E-state index contributed by atoms with van der Waals surface area (Å²) in [6, 6.07) is 10.8. The molecule has 0 amide bonds. The number of rotatable bonds is 5. The van der Waals surface area contributed by atoms with Gasteiger partial charge >= 0.3 is 11.9 Å². The standard InChI is InChI=1S/C18H17BrO7/c1-9(19)18(25-14(16(20)21)15(26-18)17(22)23)12-5-3-11-8-13(24-2)6-4-10(11)7-12/h3-9,14-15H,1-2H3,(H,20,21)(H,22,23)/t9?,14-,15-/m1/s1. The molecule has 2 N–H and O–H groups in total. The molecule has 0 saturated carbocycles. The number of fused-ring (bicyclic) bond motifs is 1. The molecule has 2 aromatic carbocycles. The van der Waals surface area contributed by atoms with Crippen LogP contribution in [0.2, 0.25) is 0 Å². The van der Waals surface area contributed by atoms with Gasteiger partial charge in [-0.05, 0) is 35.9 Å². The van der Waals surface area contributed by atoms with Gasteiger partial charge in [0.05, 0.1) is 11.9 Å². The highest BCUT2D eigenvalue weighted by Crippen LogP contribution is 2.44. The molecule has 1 fully saturated rings. The van der Waals surface area contributed by atoms with Gasteiger partial charge in [-0.1, -0.05) is 34.1 Å². The predicted molar refractivity (Wildman–Crippen MR) is 95.6 cm³/mol. The third kappa shape index (κ3) is 3.04. The van der Waals surface area contributed by atoms with Crippen LogP contribution in [0.3, 0.4) is 0 Å². The van der Waals surface area contributed by atoms with Crippen LogP contribution in [0.5, 0.6) is 5.75 Å². The van der Waals surface area contributed by atoms with Gasteiger partial charge in [0.2, 0.25) is 5.79 Å². The number of benzene rings is 2. The second kappa shape index (κ2) is 6.86. The number of methoxy groups -OCH3 is 1. The number of ether oxygens (including phenoxy) is 3. The van der Waals surface area contributed by atoms with Crippen LogP contribution in [-0.4, -0.2) is 46.3 Å². The lowest BCUT2D eigenvalue weighted by Gasteiger charge is -2.31. The Morgan fingerprint density at radius 2 is 1.62 bits per heavy atom. The summed E-state index contributed by atoms with van der Waals surface area (Å²) < 4.78 is 16.5. The normalized spacial score (nSPS) is 22.9. The van der Waals surface area contributed by atoms with Gasteiger partial charge in [0.15, 0.2) is 12.2 Å². The maximum Gasteiger partial charge on any atom is 0.336 e. The van der Waals surface area contributed by atoms with E-state index in [9.17, 15) is 19.8 Å². The van der Waals surface area contributed by atoms with Crippen LogP contribution in [0.15, 0.2) is 36.4 Å². The monoisotopic (exact) mass is 424 g/mol. The fourth-order valence-electron chi connectivity index (χ4n) is 3.01. The van der Waals surface area contributed by atoms with Gasteiger partial charge in [-0.15, -0.1) is 0 Å². The molecule has 3 rings (SSSR count). The molecule has 1 saturated heterocycles. The van der Waals surface area contributed by atoms with E-state index in [0.717, 1.165) is 10.8 Å². The molecular weight excluding hydrogens is 408 g/mol. The molecule has 1 heterocycles. The number of aliphatic carboxylic acids is 2. The fourth-order valence-corrected chi connectivity index (χ4v) is 3.49. The van der Waals surface area contributed by atoms with E-state index in [-0.39, 0.29) is 0 Å². The van der Waals surface area contributed by atoms with Gasteiger partial charge in [-0.2, -0.15) is 0 Å². The summed E-state index contributed by atoms with van der Waals surface area (Å²) in [5.74, 6) is -3.62. The van der Waals surface area contributed by atoms with Gasteiger partial charge in [-0.3, -0.25) is 0 Å². The zero-order valence-electron chi connectivity index (χ0n) is 14.0. The number of alkyl halides is 1. The van der Waals surface area contributed by atoms with E-state index in [0.29, 0.717) is 11.3 Å². The highest BCUT2D eigenvalue weighted by molar-refractivity contribution is 9.09. The molecule has 3 atom stereocenters. The smallest absolute Gasteiger partial charge is 0.336 e. The lowest BCUT2D eigenvalue weighted by molar-refractivity contribution is -0.191. The summed E-state index contributed by atoms with van der Waals surface area (Å²) in [7, 11) is 1.58. The van der Waals surface area contributed by atoms with Crippen molar-refractivity contribution in [3.63, 3.8) is 0 Å². The first-order chi connectivity index (χ1) is 12.3. The molecule has 26 heavy (non-hydrogen) atoms. The molecule has 0 aliphatic carbocycles. The van der Waals surface area contributed by atoms with Gasteiger partial charge in [-0.25, -0.2) is 9.59 Å². The van der Waals surface area contributed by atoms with Crippen molar-refractivity contribution in [2.75, 3.05) is 7.11 Å². The first kappa shape index (κ1) is 18.6. The Bertz CT molecular complexity index is 842.